The van der Waals surface area contributed by atoms with Crippen molar-refractivity contribution in [2.24, 2.45) is 0 Å². The summed E-state index contributed by atoms with van der Waals surface area (Å²) >= 11 is 0. The van der Waals surface area contributed by atoms with Crippen molar-refractivity contribution in [3.05, 3.63) is 231 Å². The maximum absolute atomic E-state index is 2.41. The second kappa shape index (κ2) is 14.1. The minimum absolute atomic E-state index is 1.12. The van der Waals surface area contributed by atoms with E-state index >= 15 is 0 Å². The van der Waals surface area contributed by atoms with Crippen molar-refractivity contribution in [3.8, 4) is 39.1 Å². The van der Waals surface area contributed by atoms with Gasteiger partial charge in [0.25, 0.3) is 0 Å². The monoisotopic (exact) mass is 738 g/mol. The molecule has 1 aromatic heterocycles. The quantitative estimate of drug-likeness (QED) is 0.148. The number of anilines is 3. The Kier molecular flexibility index (Phi) is 8.19. The average molecular weight is 739 g/mol. The zero-order valence-corrected chi connectivity index (χ0v) is 31.8. The van der Waals surface area contributed by atoms with Gasteiger partial charge in [-0.3, -0.25) is 0 Å². The van der Waals surface area contributed by atoms with Gasteiger partial charge in [-0.1, -0.05) is 170 Å². The van der Waals surface area contributed by atoms with Crippen LogP contribution in [0.4, 0.5) is 17.1 Å². The first-order valence-electron chi connectivity index (χ1n) is 19.9. The standard InChI is InChI=1S/C56H38N2/c1-4-18-39(19-5-1)45-24-10-11-26-47(45)56-50-29-14-12-27-48(50)55(49-28-13-15-30-51(49)56)40-32-34-43(35-33-40)58-53-31-17-16-25-46(53)52-38-44(36-37-54(52)58)57(41-20-6-2-7-21-41)42-22-8-3-9-23-42/h1-38H. The summed E-state index contributed by atoms with van der Waals surface area (Å²) in [6, 6.07) is 83.5. The first-order valence-corrected chi connectivity index (χ1v) is 19.9. The Balaban J connectivity index is 1.07. The van der Waals surface area contributed by atoms with Crippen LogP contribution in [0.1, 0.15) is 0 Å². The molecule has 10 aromatic carbocycles. The Morgan fingerprint density at radius 3 is 1.34 bits per heavy atom. The highest BCUT2D eigenvalue weighted by atomic mass is 15.1. The van der Waals surface area contributed by atoms with Gasteiger partial charge in [0.1, 0.15) is 0 Å². The third-order valence-electron chi connectivity index (χ3n) is 11.6. The lowest BCUT2D eigenvalue weighted by molar-refractivity contribution is 1.18. The molecule has 0 atom stereocenters. The zero-order chi connectivity index (χ0) is 38.4. The van der Waals surface area contributed by atoms with E-state index in [2.05, 4.69) is 240 Å². The Labute approximate surface area is 338 Å². The molecule has 272 valence electrons. The third-order valence-corrected chi connectivity index (χ3v) is 11.6. The molecular formula is C56H38N2. The van der Waals surface area contributed by atoms with Crippen LogP contribution < -0.4 is 4.90 Å². The van der Waals surface area contributed by atoms with Crippen LogP contribution in [0.2, 0.25) is 0 Å². The van der Waals surface area contributed by atoms with Crippen molar-refractivity contribution in [1.29, 1.82) is 0 Å². The minimum atomic E-state index is 1.12. The lowest BCUT2D eigenvalue weighted by Crippen LogP contribution is -2.09. The highest BCUT2D eigenvalue weighted by Gasteiger charge is 2.20. The van der Waals surface area contributed by atoms with E-state index in [0.717, 1.165) is 22.7 Å². The van der Waals surface area contributed by atoms with Crippen molar-refractivity contribution >= 4 is 60.4 Å². The maximum atomic E-state index is 2.41. The molecule has 0 bridgehead atoms. The summed E-state index contributed by atoms with van der Waals surface area (Å²) < 4.78 is 2.41. The van der Waals surface area contributed by atoms with Crippen molar-refractivity contribution in [3.63, 3.8) is 0 Å². The highest BCUT2D eigenvalue weighted by Crippen LogP contribution is 2.46. The van der Waals surface area contributed by atoms with Crippen LogP contribution in [0, 0.1) is 0 Å². The maximum Gasteiger partial charge on any atom is 0.0542 e. The first kappa shape index (κ1) is 33.6. The molecule has 0 spiro atoms. The summed E-state index contributed by atoms with van der Waals surface area (Å²) in [5.41, 5.74) is 14.3. The Bertz CT molecular complexity index is 3160. The van der Waals surface area contributed by atoms with E-state index in [-0.39, 0.29) is 0 Å². The largest absolute Gasteiger partial charge is 0.310 e. The van der Waals surface area contributed by atoms with Crippen LogP contribution in [0.3, 0.4) is 0 Å². The molecule has 2 heteroatoms. The molecule has 0 saturated carbocycles. The predicted molar refractivity (Wildman–Crippen MR) is 247 cm³/mol. The van der Waals surface area contributed by atoms with Gasteiger partial charge < -0.3 is 9.47 Å². The molecule has 11 aromatic rings. The fourth-order valence-corrected chi connectivity index (χ4v) is 9.06. The molecule has 0 N–H and O–H groups in total. The summed E-state index contributed by atoms with van der Waals surface area (Å²) in [6.07, 6.45) is 0. The minimum Gasteiger partial charge on any atom is -0.310 e. The molecule has 0 aliphatic heterocycles. The molecule has 0 amide bonds. The third kappa shape index (κ3) is 5.57. The van der Waals surface area contributed by atoms with E-state index in [1.807, 2.05) is 0 Å². The predicted octanol–water partition coefficient (Wildman–Crippen LogP) is 15.6. The smallest absolute Gasteiger partial charge is 0.0542 e. The van der Waals surface area contributed by atoms with E-state index in [1.54, 1.807) is 0 Å². The molecule has 1 heterocycles. The molecular weight excluding hydrogens is 701 g/mol. The van der Waals surface area contributed by atoms with Crippen LogP contribution in [-0.4, -0.2) is 4.57 Å². The first-order chi connectivity index (χ1) is 28.8. The zero-order valence-electron chi connectivity index (χ0n) is 31.8. The molecule has 0 aliphatic carbocycles. The van der Waals surface area contributed by atoms with E-state index in [4.69, 9.17) is 0 Å². The van der Waals surface area contributed by atoms with E-state index < -0.39 is 0 Å². The molecule has 11 rings (SSSR count). The lowest BCUT2D eigenvalue weighted by Gasteiger charge is -2.25. The van der Waals surface area contributed by atoms with Crippen molar-refractivity contribution < 1.29 is 0 Å². The molecule has 0 radical (unpaired) electrons. The molecule has 2 nitrogen and oxygen atoms in total. The topological polar surface area (TPSA) is 8.17 Å². The average Bonchev–Trinajstić information content (AvgIpc) is 3.63. The van der Waals surface area contributed by atoms with Crippen molar-refractivity contribution in [2.75, 3.05) is 4.90 Å². The van der Waals surface area contributed by atoms with Gasteiger partial charge in [0.2, 0.25) is 0 Å². The lowest BCUT2D eigenvalue weighted by atomic mass is 9.84. The van der Waals surface area contributed by atoms with Gasteiger partial charge in [0.05, 0.1) is 11.0 Å². The van der Waals surface area contributed by atoms with Gasteiger partial charge >= 0.3 is 0 Å². The number of fused-ring (bicyclic) bond motifs is 5. The Morgan fingerprint density at radius 1 is 0.276 bits per heavy atom. The molecule has 58 heavy (non-hydrogen) atoms. The second-order valence-electron chi connectivity index (χ2n) is 14.9. The fourth-order valence-electron chi connectivity index (χ4n) is 9.06. The molecule has 0 aliphatic rings. The summed E-state index contributed by atoms with van der Waals surface area (Å²) in [5, 5.41) is 7.45. The van der Waals surface area contributed by atoms with Gasteiger partial charge in [0, 0.05) is 33.5 Å². The van der Waals surface area contributed by atoms with Crippen LogP contribution in [-0.2, 0) is 0 Å². The van der Waals surface area contributed by atoms with Gasteiger partial charge in [-0.15, -0.1) is 0 Å². The Morgan fingerprint density at radius 2 is 0.741 bits per heavy atom. The molecule has 0 fully saturated rings. The number of nitrogens with zero attached hydrogens (tertiary/aromatic N) is 2. The SMILES string of the molecule is c1ccc(-c2ccccc2-c2c3ccccc3c(-c3ccc(-n4c5ccccc5c5cc(N(c6ccccc6)c6ccccc6)ccc54)cc3)c3ccccc23)cc1. The number of rotatable bonds is 7. The summed E-state index contributed by atoms with van der Waals surface area (Å²) in [5.74, 6) is 0. The number of benzene rings is 10. The van der Waals surface area contributed by atoms with Crippen molar-refractivity contribution in [1.82, 2.24) is 4.57 Å². The van der Waals surface area contributed by atoms with Crippen molar-refractivity contribution in [2.45, 2.75) is 0 Å². The summed E-state index contributed by atoms with van der Waals surface area (Å²) in [7, 11) is 0. The second-order valence-corrected chi connectivity index (χ2v) is 14.9. The van der Waals surface area contributed by atoms with E-state index in [0.29, 0.717) is 0 Å². The van der Waals surface area contributed by atoms with Gasteiger partial charge in [-0.2, -0.15) is 0 Å². The van der Waals surface area contributed by atoms with Gasteiger partial charge in [0.15, 0.2) is 0 Å². The molecule has 0 saturated heterocycles. The fraction of sp³-hybridized carbons (Fsp3) is 0. The van der Waals surface area contributed by atoms with Crippen LogP contribution in [0.25, 0.3) is 82.4 Å². The number of para-hydroxylation sites is 3. The van der Waals surface area contributed by atoms with Gasteiger partial charge in [-0.05, 0) is 116 Å². The Hall–Kier alpha value is -7.68. The van der Waals surface area contributed by atoms with Crippen LogP contribution in [0.5, 0.6) is 0 Å². The normalized spacial score (nSPS) is 11.4. The van der Waals surface area contributed by atoms with Crippen LogP contribution >= 0.6 is 0 Å². The van der Waals surface area contributed by atoms with E-state index in [9.17, 15) is 0 Å². The number of hydrogen-bond acceptors (Lipinski definition) is 1. The van der Waals surface area contributed by atoms with Gasteiger partial charge in [-0.25, -0.2) is 0 Å². The number of hydrogen-bond donors (Lipinski definition) is 0. The highest BCUT2D eigenvalue weighted by molar-refractivity contribution is 6.22. The summed E-state index contributed by atoms with van der Waals surface area (Å²) in [6.45, 7) is 0. The van der Waals surface area contributed by atoms with Crippen LogP contribution in [0.15, 0.2) is 231 Å². The van der Waals surface area contributed by atoms with E-state index in [1.165, 1.54) is 76.7 Å². The summed E-state index contributed by atoms with van der Waals surface area (Å²) in [4.78, 5) is 2.33. The molecule has 0 unspecified atom stereocenters. The number of aromatic nitrogens is 1.